The van der Waals surface area contributed by atoms with Crippen molar-refractivity contribution in [3.8, 4) is 0 Å². The zero-order chi connectivity index (χ0) is 54.0. The zero-order valence-corrected chi connectivity index (χ0v) is 43.9. The first-order chi connectivity index (χ1) is 34.6. The molecule has 0 spiro atoms. The fourth-order valence-electron chi connectivity index (χ4n) is 16.1. The minimum atomic E-state index is -1.96. The van der Waals surface area contributed by atoms with Crippen molar-refractivity contribution < 1.29 is 104 Å². The van der Waals surface area contributed by atoms with E-state index in [9.17, 15) is 65.8 Å². The molecule has 0 radical (unpaired) electrons. The molecule has 0 aromatic rings. The van der Waals surface area contributed by atoms with Crippen LogP contribution in [0.1, 0.15) is 120 Å². The van der Waals surface area contributed by atoms with Crippen LogP contribution in [0, 0.1) is 50.2 Å². The molecule has 0 aromatic heterocycles. The predicted molar refractivity (Wildman–Crippen MR) is 255 cm³/mol. The third kappa shape index (κ3) is 8.99. The summed E-state index contributed by atoms with van der Waals surface area (Å²) in [5.41, 5.74) is -1.31. The van der Waals surface area contributed by atoms with Crippen LogP contribution in [-0.4, -0.2) is 204 Å². The van der Waals surface area contributed by atoms with Gasteiger partial charge in [-0.05, 0) is 117 Å². The first kappa shape index (κ1) is 56.9. The maximum atomic E-state index is 13.9. The van der Waals surface area contributed by atoms with Gasteiger partial charge in [0.25, 0.3) is 0 Å². The summed E-state index contributed by atoms with van der Waals surface area (Å²) in [4.78, 5) is 27.1. The summed E-state index contributed by atoms with van der Waals surface area (Å²) in [6.07, 6.45) is -21.0. The van der Waals surface area contributed by atoms with Gasteiger partial charge >= 0.3 is 5.97 Å². The van der Waals surface area contributed by atoms with Crippen LogP contribution in [0.2, 0.25) is 0 Å². The van der Waals surface area contributed by atoms with Crippen LogP contribution in [0.4, 0.5) is 0 Å². The number of aldehydes is 1. The number of fused-ring (bicyclic) bond motifs is 7. The van der Waals surface area contributed by atoms with E-state index in [1.54, 1.807) is 6.92 Å². The van der Waals surface area contributed by atoms with E-state index in [4.69, 9.17) is 37.9 Å². The normalized spacial score (nSPS) is 55.4. The Kier molecular flexibility index (Phi) is 15.6. The number of aliphatic hydroxyl groups excluding tert-OH is 10. The fraction of sp³-hybridized carbons (Fsp3) is 0.925. The fourth-order valence-corrected chi connectivity index (χ4v) is 16.1. The van der Waals surface area contributed by atoms with Crippen LogP contribution in [0.5, 0.6) is 0 Å². The van der Waals surface area contributed by atoms with Crippen molar-refractivity contribution in [2.45, 2.75) is 242 Å². The van der Waals surface area contributed by atoms with Crippen LogP contribution < -0.4 is 0 Å². The van der Waals surface area contributed by atoms with E-state index < -0.39 is 153 Å². The van der Waals surface area contributed by atoms with Crippen molar-refractivity contribution in [3.63, 3.8) is 0 Å². The smallest absolute Gasteiger partial charge is 0.310 e. The Morgan fingerprint density at radius 3 is 1.96 bits per heavy atom. The Hall–Kier alpha value is -1.84. The molecule has 4 saturated carbocycles. The van der Waals surface area contributed by atoms with Gasteiger partial charge in [0.05, 0.1) is 42.4 Å². The summed E-state index contributed by atoms with van der Waals surface area (Å²) >= 11 is 0. The first-order valence-corrected chi connectivity index (χ1v) is 27.0. The van der Waals surface area contributed by atoms with Gasteiger partial charge < -0.3 is 98.9 Å². The largest absolute Gasteiger partial charge is 0.481 e. The molecule has 9 aliphatic rings. The van der Waals surface area contributed by atoms with Crippen LogP contribution >= 0.6 is 0 Å². The second-order valence-corrected chi connectivity index (χ2v) is 25.5. The van der Waals surface area contributed by atoms with Gasteiger partial charge in [-0.25, -0.2) is 0 Å². The van der Waals surface area contributed by atoms with Gasteiger partial charge in [0, 0.05) is 0 Å². The molecule has 8 fully saturated rings. The molecule has 74 heavy (non-hydrogen) atoms. The van der Waals surface area contributed by atoms with Crippen LogP contribution in [0.3, 0.4) is 0 Å². The molecular weight excluding hydrogens is 973 g/mol. The summed E-state index contributed by atoms with van der Waals surface area (Å²) < 4.78 is 48.9. The number of carboxylic acid groups (broad SMARTS) is 1. The maximum Gasteiger partial charge on any atom is 0.310 e. The minimum absolute atomic E-state index is 0.0218. The molecular formula is C53H84O21. The lowest BCUT2D eigenvalue weighted by atomic mass is 9.33. The summed E-state index contributed by atoms with van der Waals surface area (Å²) in [5.74, 6) is -0.732. The third-order valence-corrected chi connectivity index (χ3v) is 21.0. The molecule has 0 bridgehead atoms. The van der Waals surface area contributed by atoms with E-state index in [1.807, 2.05) is 6.92 Å². The number of carbonyl (C=O) groups excluding carboxylic acids is 1. The second-order valence-electron chi connectivity index (χ2n) is 25.5. The molecule has 5 aliphatic carbocycles. The number of aliphatic hydroxyl groups is 10. The highest BCUT2D eigenvalue weighted by atomic mass is 16.8. The molecule has 9 rings (SSSR count). The van der Waals surface area contributed by atoms with Crippen LogP contribution in [0.25, 0.3) is 0 Å². The molecule has 4 saturated heterocycles. The number of hydrogen-bond donors (Lipinski definition) is 11. The van der Waals surface area contributed by atoms with Crippen molar-refractivity contribution in [2.24, 2.45) is 50.2 Å². The summed E-state index contributed by atoms with van der Waals surface area (Å²) in [6.45, 7) is 15.3. The second kappa shape index (κ2) is 20.4. The highest BCUT2D eigenvalue weighted by molar-refractivity contribution is 5.76. The molecule has 21 nitrogen and oxygen atoms in total. The quantitative estimate of drug-likeness (QED) is 0.0758. The van der Waals surface area contributed by atoms with E-state index in [2.05, 4.69) is 40.7 Å². The Balaban J connectivity index is 0.969. The Bertz CT molecular complexity index is 2080. The minimum Gasteiger partial charge on any atom is -0.481 e. The lowest BCUT2D eigenvalue weighted by molar-refractivity contribution is -0.399. The number of carboxylic acids is 1. The van der Waals surface area contributed by atoms with Crippen LogP contribution in [-0.2, 0) is 47.5 Å². The SMILES string of the molecule is CC1OC(O[C@H]2CC[C@]3(C)[C@H]4CC=C5[C@@H]6CC(C)(C)CC[C@]6(C(=O)O)CC[C@@]5(C)[C@]4(C)CC[C@H]3[C@]2(C)C=O)C(OC2OC(C)C(OC3OCC(O)C(O)C3O)C(OC3OC(CO)C(O)C(O)C3O)C2O)C(O)C1O. The van der Waals surface area contributed by atoms with Gasteiger partial charge in [-0.2, -0.15) is 0 Å². The van der Waals surface area contributed by atoms with Gasteiger partial charge in [-0.1, -0.05) is 53.2 Å². The van der Waals surface area contributed by atoms with E-state index in [0.29, 0.717) is 32.1 Å². The van der Waals surface area contributed by atoms with Crippen molar-refractivity contribution in [2.75, 3.05) is 13.2 Å². The van der Waals surface area contributed by atoms with Gasteiger partial charge in [0.15, 0.2) is 25.2 Å². The molecule has 28 atom stereocenters. The third-order valence-electron chi connectivity index (χ3n) is 21.0. The molecule has 4 heterocycles. The highest BCUT2D eigenvalue weighted by Crippen LogP contribution is 2.76. The van der Waals surface area contributed by atoms with E-state index in [-0.39, 0.29) is 39.4 Å². The van der Waals surface area contributed by atoms with Crippen molar-refractivity contribution in [3.05, 3.63) is 11.6 Å². The summed E-state index contributed by atoms with van der Waals surface area (Å²) in [6, 6.07) is 0. The average Bonchev–Trinajstić information content (AvgIpc) is 3.35. The lowest BCUT2D eigenvalue weighted by Crippen LogP contribution is -2.68. The predicted octanol–water partition coefficient (Wildman–Crippen LogP) is 0.404. The van der Waals surface area contributed by atoms with Crippen molar-refractivity contribution in [1.82, 2.24) is 0 Å². The topological polar surface area (TPSA) is 331 Å². The monoisotopic (exact) mass is 1060 g/mol. The van der Waals surface area contributed by atoms with Gasteiger partial charge in [-0.15, -0.1) is 0 Å². The molecule has 19 unspecified atom stereocenters. The Morgan fingerprint density at radius 1 is 0.649 bits per heavy atom. The average molecular weight is 1060 g/mol. The van der Waals surface area contributed by atoms with E-state index in [1.165, 1.54) is 12.5 Å². The molecule has 422 valence electrons. The highest BCUT2D eigenvalue weighted by Gasteiger charge is 2.70. The summed E-state index contributed by atoms with van der Waals surface area (Å²) in [7, 11) is 0. The number of hydrogen-bond acceptors (Lipinski definition) is 20. The number of rotatable bonds is 11. The number of carbonyl (C=O) groups is 2. The van der Waals surface area contributed by atoms with Gasteiger partial charge in [0.1, 0.15) is 85.6 Å². The number of aliphatic carboxylic acids is 1. The summed E-state index contributed by atoms with van der Waals surface area (Å²) in [5, 5.41) is 119. The Labute approximate surface area is 432 Å². The number of ether oxygens (including phenoxy) is 8. The molecule has 11 N–H and O–H groups in total. The van der Waals surface area contributed by atoms with Crippen molar-refractivity contribution >= 4 is 12.3 Å². The van der Waals surface area contributed by atoms with Crippen LogP contribution in [0.15, 0.2) is 11.6 Å². The Morgan fingerprint density at radius 2 is 1.28 bits per heavy atom. The maximum absolute atomic E-state index is 13.9. The first-order valence-electron chi connectivity index (χ1n) is 27.0. The number of allylic oxidation sites excluding steroid dienone is 2. The standard InChI is InChI=1S/C53H84O21/c1-23-32(57)36(61)42(74-45-39(64)41(73-44-38(63)35(60)34(59)28(20-54)70-44)40(24(2)69-45)72-43-37(62)33(58)27(56)21-67-43)46(68-23)71-31-12-13-49(5)29(50(31,6)22-55)11-14-52(8)30(49)10-9-25-26-19-48(3,4)15-17-53(26,47(65)66)18-16-51(25,52)7/h9,22-24,26-46,54,56-64H,10-21H2,1-8H3,(H,65,66)/t23?,24?,26-,27?,28?,29+,30+,31-,32?,33?,34?,35?,36?,37?,38?,39?,40?,41?,42?,43?,44?,45?,46?,49-,50-,51+,52+,53-/m0/s1. The van der Waals surface area contributed by atoms with E-state index >= 15 is 0 Å². The zero-order valence-electron chi connectivity index (χ0n) is 43.9. The van der Waals surface area contributed by atoms with Gasteiger partial charge in [0.2, 0.25) is 0 Å². The molecule has 0 aromatic carbocycles. The lowest BCUT2D eigenvalue weighted by Gasteiger charge is -2.71. The molecule has 0 amide bonds. The molecule has 21 heteroatoms. The molecule has 4 aliphatic heterocycles. The van der Waals surface area contributed by atoms with E-state index in [0.717, 1.165) is 38.4 Å². The van der Waals surface area contributed by atoms with Crippen molar-refractivity contribution in [1.29, 1.82) is 0 Å². The van der Waals surface area contributed by atoms with Gasteiger partial charge in [-0.3, -0.25) is 4.79 Å².